The highest BCUT2D eigenvalue weighted by Gasteiger charge is 2.18. The molecule has 0 saturated carbocycles. The van der Waals surface area contributed by atoms with Crippen LogP contribution < -0.4 is 14.8 Å². The number of rotatable bonds is 8. The van der Waals surface area contributed by atoms with Crippen LogP contribution in [0.3, 0.4) is 0 Å². The second-order valence-electron chi connectivity index (χ2n) is 7.09. The molecule has 5 nitrogen and oxygen atoms in total. The van der Waals surface area contributed by atoms with Gasteiger partial charge in [0.25, 0.3) is 0 Å². The number of ether oxygens (including phenoxy) is 2. The summed E-state index contributed by atoms with van der Waals surface area (Å²) in [5, 5.41) is 4.19. The minimum absolute atomic E-state index is 0.605. The highest BCUT2D eigenvalue weighted by atomic mass is 16.5. The molecule has 0 unspecified atom stereocenters. The Kier molecular flexibility index (Phi) is 5.89. The summed E-state index contributed by atoms with van der Waals surface area (Å²) in [4.78, 5) is 4.47. The highest BCUT2D eigenvalue weighted by Crippen LogP contribution is 2.41. The SMILES string of the molecule is CNc1cccnc1CCCOc1cccc2oc(-c3ccccc3OC)c(C)c12. The number of nitrogens with zero attached hydrogens (tertiary/aromatic N) is 1. The molecule has 154 valence electrons. The van der Waals surface area contributed by atoms with E-state index in [1.165, 1.54) is 0 Å². The third kappa shape index (κ3) is 3.83. The molecule has 0 bridgehead atoms. The van der Waals surface area contributed by atoms with E-state index >= 15 is 0 Å². The Morgan fingerprint density at radius 2 is 1.83 bits per heavy atom. The number of hydrogen-bond acceptors (Lipinski definition) is 5. The van der Waals surface area contributed by atoms with Gasteiger partial charge in [-0.25, -0.2) is 0 Å². The molecule has 0 aliphatic carbocycles. The van der Waals surface area contributed by atoms with Gasteiger partial charge in [-0.05, 0) is 56.2 Å². The summed E-state index contributed by atoms with van der Waals surface area (Å²) in [5.74, 6) is 2.44. The van der Waals surface area contributed by atoms with Crippen LogP contribution in [-0.2, 0) is 6.42 Å². The summed E-state index contributed by atoms with van der Waals surface area (Å²) in [6.45, 7) is 2.67. The molecule has 0 saturated heterocycles. The normalized spacial score (nSPS) is 10.9. The number of methoxy groups -OCH3 is 1. The van der Waals surface area contributed by atoms with Crippen LogP contribution in [0.1, 0.15) is 17.7 Å². The van der Waals surface area contributed by atoms with Gasteiger partial charge in [-0.1, -0.05) is 18.2 Å². The number of hydrogen-bond donors (Lipinski definition) is 1. The number of aryl methyl sites for hydroxylation is 2. The number of fused-ring (bicyclic) bond motifs is 1. The second-order valence-corrected chi connectivity index (χ2v) is 7.09. The lowest BCUT2D eigenvalue weighted by Gasteiger charge is -2.10. The fourth-order valence-electron chi connectivity index (χ4n) is 3.76. The molecule has 0 atom stereocenters. The fourth-order valence-corrected chi connectivity index (χ4v) is 3.76. The van der Waals surface area contributed by atoms with E-state index in [4.69, 9.17) is 13.9 Å². The maximum Gasteiger partial charge on any atom is 0.142 e. The minimum Gasteiger partial charge on any atom is -0.496 e. The van der Waals surface area contributed by atoms with Gasteiger partial charge in [0.2, 0.25) is 0 Å². The van der Waals surface area contributed by atoms with Crippen LogP contribution in [0, 0.1) is 6.92 Å². The van der Waals surface area contributed by atoms with Crippen molar-refractivity contribution in [3.8, 4) is 22.8 Å². The number of para-hydroxylation sites is 1. The first-order chi connectivity index (χ1) is 14.7. The van der Waals surface area contributed by atoms with Gasteiger partial charge >= 0.3 is 0 Å². The van der Waals surface area contributed by atoms with Crippen LogP contribution in [0.4, 0.5) is 5.69 Å². The molecule has 2 aromatic heterocycles. The lowest BCUT2D eigenvalue weighted by atomic mass is 10.1. The standard InChI is InChI=1S/C25H26N2O3/c1-17-24-22(29-16-8-11-20-19(26-2)10-7-15-27-20)13-6-14-23(24)30-25(17)18-9-4-5-12-21(18)28-3/h4-7,9-10,12-15,26H,8,11,16H2,1-3H3. The van der Waals surface area contributed by atoms with Gasteiger partial charge in [-0.3, -0.25) is 4.98 Å². The maximum absolute atomic E-state index is 6.20. The first-order valence-electron chi connectivity index (χ1n) is 10.1. The molecule has 2 aromatic carbocycles. The monoisotopic (exact) mass is 402 g/mol. The molecule has 0 aliphatic heterocycles. The number of nitrogens with one attached hydrogen (secondary N) is 1. The van der Waals surface area contributed by atoms with Crippen LogP contribution >= 0.6 is 0 Å². The van der Waals surface area contributed by atoms with E-state index in [0.29, 0.717) is 6.61 Å². The predicted molar refractivity (Wildman–Crippen MR) is 121 cm³/mol. The third-order valence-corrected chi connectivity index (χ3v) is 5.24. The fraction of sp³-hybridized carbons (Fsp3) is 0.240. The molecule has 30 heavy (non-hydrogen) atoms. The van der Waals surface area contributed by atoms with Crippen molar-refractivity contribution in [2.24, 2.45) is 0 Å². The Bertz CT molecular complexity index is 1150. The van der Waals surface area contributed by atoms with Crippen LogP contribution in [0.15, 0.2) is 65.2 Å². The topological polar surface area (TPSA) is 56.5 Å². The Hall–Kier alpha value is -3.47. The lowest BCUT2D eigenvalue weighted by molar-refractivity contribution is 0.314. The van der Waals surface area contributed by atoms with Crippen molar-refractivity contribution in [3.05, 3.63) is 72.1 Å². The number of anilines is 1. The van der Waals surface area contributed by atoms with E-state index in [1.807, 2.05) is 67.8 Å². The van der Waals surface area contributed by atoms with Gasteiger partial charge in [0, 0.05) is 18.8 Å². The molecule has 0 spiro atoms. The van der Waals surface area contributed by atoms with E-state index < -0.39 is 0 Å². The summed E-state index contributed by atoms with van der Waals surface area (Å²) in [6, 6.07) is 17.8. The van der Waals surface area contributed by atoms with Crippen molar-refractivity contribution in [2.45, 2.75) is 19.8 Å². The van der Waals surface area contributed by atoms with Crippen LogP contribution in [0.2, 0.25) is 0 Å². The molecular formula is C25H26N2O3. The molecular weight excluding hydrogens is 376 g/mol. The highest BCUT2D eigenvalue weighted by molar-refractivity contribution is 5.93. The first kappa shape index (κ1) is 19.8. The summed E-state index contributed by atoms with van der Waals surface area (Å²) >= 11 is 0. The van der Waals surface area contributed by atoms with Crippen LogP contribution in [0.5, 0.6) is 11.5 Å². The lowest BCUT2D eigenvalue weighted by Crippen LogP contribution is -2.03. The van der Waals surface area contributed by atoms with Crippen molar-refractivity contribution in [2.75, 3.05) is 26.1 Å². The second kappa shape index (κ2) is 8.91. The Morgan fingerprint density at radius 1 is 1.00 bits per heavy atom. The van der Waals surface area contributed by atoms with Gasteiger partial charge in [-0.2, -0.15) is 0 Å². The predicted octanol–water partition coefficient (Wildman–Crippen LogP) is 5.87. The van der Waals surface area contributed by atoms with Crippen molar-refractivity contribution >= 4 is 16.7 Å². The number of benzene rings is 2. The van der Waals surface area contributed by atoms with E-state index in [2.05, 4.69) is 17.2 Å². The molecule has 0 amide bonds. The van der Waals surface area contributed by atoms with Crippen molar-refractivity contribution in [1.29, 1.82) is 0 Å². The van der Waals surface area contributed by atoms with E-state index in [1.54, 1.807) is 7.11 Å². The van der Waals surface area contributed by atoms with Gasteiger partial charge in [0.1, 0.15) is 22.8 Å². The van der Waals surface area contributed by atoms with E-state index in [9.17, 15) is 0 Å². The maximum atomic E-state index is 6.20. The zero-order chi connectivity index (χ0) is 20.9. The van der Waals surface area contributed by atoms with Gasteiger partial charge < -0.3 is 19.2 Å². The van der Waals surface area contributed by atoms with Gasteiger partial charge in [0.15, 0.2) is 0 Å². The third-order valence-electron chi connectivity index (χ3n) is 5.24. The van der Waals surface area contributed by atoms with E-state index in [-0.39, 0.29) is 0 Å². The summed E-state index contributed by atoms with van der Waals surface area (Å²) in [7, 11) is 3.59. The summed E-state index contributed by atoms with van der Waals surface area (Å²) in [5.41, 5.74) is 4.92. The van der Waals surface area contributed by atoms with Gasteiger partial charge in [0.05, 0.1) is 36.0 Å². The van der Waals surface area contributed by atoms with Gasteiger partial charge in [-0.15, -0.1) is 0 Å². The van der Waals surface area contributed by atoms with Crippen LogP contribution in [-0.4, -0.2) is 25.7 Å². The smallest absolute Gasteiger partial charge is 0.142 e. The molecule has 2 heterocycles. The summed E-state index contributed by atoms with van der Waals surface area (Å²) < 4.78 is 17.9. The zero-order valence-corrected chi connectivity index (χ0v) is 17.6. The molecule has 4 rings (SSSR count). The number of aromatic nitrogens is 1. The molecule has 4 aromatic rings. The average Bonchev–Trinajstić information content (AvgIpc) is 3.14. The Labute approximate surface area is 176 Å². The largest absolute Gasteiger partial charge is 0.496 e. The van der Waals surface area contributed by atoms with Crippen molar-refractivity contribution in [3.63, 3.8) is 0 Å². The minimum atomic E-state index is 0.605. The summed E-state index contributed by atoms with van der Waals surface area (Å²) in [6.07, 6.45) is 3.55. The molecule has 0 radical (unpaired) electrons. The average molecular weight is 402 g/mol. The van der Waals surface area contributed by atoms with Crippen molar-refractivity contribution < 1.29 is 13.9 Å². The molecule has 1 N–H and O–H groups in total. The zero-order valence-electron chi connectivity index (χ0n) is 17.6. The van der Waals surface area contributed by atoms with E-state index in [0.717, 1.165) is 63.6 Å². The molecule has 0 fully saturated rings. The molecule has 0 aliphatic rings. The Balaban J connectivity index is 1.54. The van der Waals surface area contributed by atoms with Crippen molar-refractivity contribution in [1.82, 2.24) is 4.98 Å². The quantitative estimate of drug-likeness (QED) is 0.374. The number of pyridine rings is 1. The Morgan fingerprint density at radius 3 is 2.67 bits per heavy atom. The number of furan rings is 1. The first-order valence-corrected chi connectivity index (χ1v) is 10.1. The van der Waals surface area contributed by atoms with Crippen LogP contribution in [0.25, 0.3) is 22.3 Å². The molecule has 5 heteroatoms.